The smallest absolute Gasteiger partial charge is 0.410 e. The summed E-state index contributed by atoms with van der Waals surface area (Å²) >= 11 is 0. The zero-order valence-electron chi connectivity index (χ0n) is 27.1. The van der Waals surface area contributed by atoms with Crippen molar-refractivity contribution in [2.24, 2.45) is 0 Å². The molecule has 0 radical (unpaired) electrons. The van der Waals surface area contributed by atoms with Gasteiger partial charge in [-0.1, -0.05) is 24.3 Å². The standard InChI is InChI=1S/C34H42N8O5/c1-34(2,3)47-33(46)40-15-12-24(19-40)41-20-26-21(8-9-28-25(26)17-35-38-28)16-29(30(41)43)37-31(44)39-13-10-23(11-14-39)42-18-22-6-4-5-7-27(22)36-32(42)45/h4-9,17,23-24,29H,10-16,18-20H2,1-3H3,(H,35,38)(H,36,45)(H,37,44). The number of fused-ring (bicyclic) bond motifs is 4. The number of urea groups is 2. The van der Waals surface area contributed by atoms with E-state index in [0.29, 0.717) is 65.0 Å². The van der Waals surface area contributed by atoms with Crippen molar-refractivity contribution in [3.8, 4) is 0 Å². The predicted octanol–water partition coefficient (Wildman–Crippen LogP) is 4.05. The molecule has 0 aliphatic carbocycles. The van der Waals surface area contributed by atoms with Crippen LogP contribution in [0.25, 0.3) is 10.9 Å². The topological polar surface area (TPSA) is 143 Å². The number of para-hydroxylation sites is 1. The van der Waals surface area contributed by atoms with Gasteiger partial charge < -0.3 is 35.0 Å². The number of carbonyl (C=O) groups is 4. The first-order valence-corrected chi connectivity index (χ1v) is 16.5. The quantitative estimate of drug-likeness (QED) is 0.394. The summed E-state index contributed by atoms with van der Waals surface area (Å²) in [6.45, 7) is 8.21. The van der Waals surface area contributed by atoms with Crippen molar-refractivity contribution < 1.29 is 23.9 Å². The van der Waals surface area contributed by atoms with Gasteiger partial charge in [0.15, 0.2) is 0 Å². The summed E-state index contributed by atoms with van der Waals surface area (Å²) in [5.41, 5.74) is 4.17. The van der Waals surface area contributed by atoms with Crippen molar-refractivity contribution in [3.05, 3.63) is 59.3 Å². The lowest BCUT2D eigenvalue weighted by atomic mass is 9.98. The summed E-state index contributed by atoms with van der Waals surface area (Å²) < 4.78 is 5.60. The van der Waals surface area contributed by atoms with E-state index in [4.69, 9.17) is 4.74 Å². The molecular formula is C34H42N8O5. The largest absolute Gasteiger partial charge is 0.444 e. The number of carbonyl (C=O) groups excluding carboxylic acids is 4. The third-order valence-corrected chi connectivity index (χ3v) is 9.77. The highest BCUT2D eigenvalue weighted by Crippen LogP contribution is 2.31. The maximum absolute atomic E-state index is 14.3. The molecule has 3 aromatic rings. The molecule has 5 heterocycles. The Hall–Kier alpha value is -4.81. The second-order valence-corrected chi connectivity index (χ2v) is 14.0. The molecule has 6 amide bonds. The highest BCUT2D eigenvalue weighted by molar-refractivity contribution is 5.93. The average Bonchev–Trinajstić information content (AvgIpc) is 3.71. The van der Waals surface area contributed by atoms with Gasteiger partial charge in [-0.15, -0.1) is 0 Å². The van der Waals surface area contributed by atoms with E-state index in [1.165, 1.54) is 0 Å². The summed E-state index contributed by atoms with van der Waals surface area (Å²) in [4.78, 5) is 60.8. The Balaban J connectivity index is 1.05. The summed E-state index contributed by atoms with van der Waals surface area (Å²) in [6, 6.07) is 10.4. The number of piperidine rings is 1. The lowest BCUT2D eigenvalue weighted by molar-refractivity contribution is -0.135. The zero-order chi connectivity index (χ0) is 32.9. The molecule has 13 nitrogen and oxygen atoms in total. The third kappa shape index (κ3) is 6.18. The van der Waals surface area contributed by atoms with Crippen LogP contribution in [0.5, 0.6) is 0 Å². The van der Waals surface area contributed by atoms with Gasteiger partial charge in [-0.05, 0) is 68.9 Å². The van der Waals surface area contributed by atoms with Gasteiger partial charge >= 0.3 is 18.2 Å². The van der Waals surface area contributed by atoms with Crippen LogP contribution in [0.4, 0.5) is 20.1 Å². The van der Waals surface area contributed by atoms with E-state index in [-0.39, 0.29) is 36.1 Å². The van der Waals surface area contributed by atoms with E-state index in [1.807, 2.05) is 67.0 Å². The number of anilines is 1. The van der Waals surface area contributed by atoms with Crippen molar-refractivity contribution in [1.82, 2.24) is 35.1 Å². The van der Waals surface area contributed by atoms with Crippen LogP contribution in [0.2, 0.25) is 0 Å². The number of ether oxygens (including phenoxy) is 1. The number of aromatic nitrogens is 2. The fourth-order valence-electron chi connectivity index (χ4n) is 7.30. The molecule has 2 saturated heterocycles. The molecule has 3 N–H and O–H groups in total. The molecule has 2 atom stereocenters. The van der Waals surface area contributed by atoms with Crippen molar-refractivity contribution in [2.75, 3.05) is 31.5 Å². The van der Waals surface area contributed by atoms with E-state index < -0.39 is 11.6 Å². The van der Waals surface area contributed by atoms with Crippen LogP contribution in [-0.2, 0) is 29.0 Å². The lowest BCUT2D eigenvalue weighted by Gasteiger charge is -2.40. The van der Waals surface area contributed by atoms with Crippen LogP contribution < -0.4 is 10.6 Å². The van der Waals surface area contributed by atoms with Crippen LogP contribution in [-0.4, -0.2) is 104 Å². The number of H-pyrrole nitrogens is 1. The molecule has 4 aliphatic rings. The van der Waals surface area contributed by atoms with Gasteiger partial charge in [-0.25, -0.2) is 14.4 Å². The van der Waals surface area contributed by atoms with Gasteiger partial charge in [-0.3, -0.25) is 9.89 Å². The first kappa shape index (κ1) is 30.8. The monoisotopic (exact) mass is 642 g/mol. The summed E-state index contributed by atoms with van der Waals surface area (Å²) in [5, 5.41) is 14.3. The lowest BCUT2D eigenvalue weighted by Crippen LogP contribution is -2.57. The number of hydrogen-bond acceptors (Lipinski definition) is 6. The Kier molecular flexibility index (Phi) is 7.93. The molecule has 2 fully saturated rings. The van der Waals surface area contributed by atoms with Crippen LogP contribution >= 0.6 is 0 Å². The minimum absolute atomic E-state index is 0.0157. The molecular weight excluding hydrogens is 600 g/mol. The Morgan fingerprint density at radius 1 is 0.915 bits per heavy atom. The van der Waals surface area contributed by atoms with E-state index in [9.17, 15) is 19.2 Å². The Morgan fingerprint density at radius 3 is 2.45 bits per heavy atom. The van der Waals surface area contributed by atoms with Gasteiger partial charge in [0, 0.05) is 62.8 Å². The number of benzene rings is 2. The Morgan fingerprint density at radius 2 is 1.66 bits per heavy atom. The van der Waals surface area contributed by atoms with Crippen LogP contribution in [0.1, 0.15) is 56.7 Å². The molecule has 0 saturated carbocycles. The maximum atomic E-state index is 14.3. The van der Waals surface area contributed by atoms with E-state index >= 15 is 0 Å². The van der Waals surface area contributed by atoms with E-state index in [1.54, 1.807) is 16.0 Å². The molecule has 0 bridgehead atoms. The van der Waals surface area contributed by atoms with Gasteiger partial charge in [0.25, 0.3) is 0 Å². The average molecular weight is 643 g/mol. The van der Waals surface area contributed by atoms with Crippen molar-refractivity contribution in [1.29, 1.82) is 0 Å². The minimum Gasteiger partial charge on any atom is -0.444 e. The summed E-state index contributed by atoms with van der Waals surface area (Å²) in [6.07, 6.45) is 3.66. The normalized spacial score (nSPS) is 22.1. The first-order chi connectivity index (χ1) is 22.5. The molecule has 1 aromatic heterocycles. The predicted molar refractivity (Wildman–Crippen MR) is 174 cm³/mol. The summed E-state index contributed by atoms with van der Waals surface area (Å²) in [5.74, 6) is -0.166. The number of aromatic amines is 1. The van der Waals surface area contributed by atoms with Crippen LogP contribution in [0, 0.1) is 0 Å². The SMILES string of the molecule is CC(C)(C)OC(=O)N1CCC(N2Cc3c(ccc4[nH]ncc34)CC(NC(=O)N3CCC(N4Cc5ccccc5NC4=O)CC3)C2=O)C1. The number of amides is 6. The number of likely N-dealkylation sites (tertiary alicyclic amines) is 2. The second-order valence-electron chi connectivity index (χ2n) is 14.0. The fraction of sp³-hybridized carbons (Fsp3) is 0.500. The van der Waals surface area contributed by atoms with Crippen LogP contribution in [0.15, 0.2) is 42.6 Å². The van der Waals surface area contributed by atoms with E-state index in [2.05, 4.69) is 20.8 Å². The van der Waals surface area contributed by atoms with Gasteiger partial charge in [-0.2, -0.15) is 5.10 Å². The zero-order valence-corrected chi connectivity index (χ0v) is 27.1. The first-order valence-electron chi connectivity index (χ1n) is 16.5. The molecule has 13 heteroatoms. The Bertz CT molecular complexity index is 1710. The molecule has 47 heavy (non-hydrogen) atoms. The minimum atomic E-state index is -0.772. The van der Waals surface area contributed by atoms with Crippen LogP contribution in [0.3, 0.4) is 0 Å². The van der Waals surface area contributed by atoms with Gasteiger partial charge in [0.1, 0.15) is 11.6 Å². The fourth-order valence-corrected chi connectivity index (χ4v) is 7.30. The highest BCUT2D eigenvalue weighted by atomic mass is 16.6. The number of hydrogen-bond donors (Lipinski definition) is 3. The molecule has 4 aliphatic heterocycles. The summed E-state index contributed by atoms with van der Waals surface area (Å²) in [7, 11) is 0. The highest BCUT2D eigenvalue weighted by Gasteiger charge is 2.41. The van der Waals surface area contributed by atoms with Gasteiger partial charge in [0.2, 0.25) is 5.91 Å². The molecule has 248 valence electrons. The molecule has 0 spiro atoms. The number of rotatable bonds is 3. The Labute approximate surface area is 273 Å². The van der Waals surface area contributed by atoms with Crippen molar-refractivity contribution in [3.63, 3.8) is 0 Å². The maximum Gasteiger partial charge on any atom is 0.410 e. The number of nitrogens with one attached hydrogen (secondary N) is 3. The van der Waals surface area contributed by atoms with Crippen molar-refractivity contribution in [2.45, 2.75) is 83.3 Å². The molecule has 2 aromatic carbocycles. The van der Waals surface area contributed by atoms with Gasteiger partial charge in [0.05, 0.1) is 17.8 Å². The molecule has 2 unspecified atom stereocenters. The van der Waals surface area contributed by atoms with Crippen molar-refractivity contribution >= 4 is 40.7 Å². The number of nitrogens with zero attached hydrogens (tertiary/aromatic N) is 5. The second kappa shape index (κ2) is 12.1. The molecule has 7 rings (SSSR count). The third-order valence-electron chi connectivity index (χ3n) is 9.77. The van der Waals surface area contributed by atoms with E-state index in [0.717, 1.165) is 33.3 Å².